The average Bonchev–Trinajstić information content (AvgIpc) is 2.78. The topological polar surface area (TPSA) is 50.2 Å². The van der Waals surface area contributed by atoms with Gasteiger partial charge in [-0.25, -0.2) is 0 Å². The molecule has 1 fully saturated rings. The standard InChI is InChI=1S/C14H19NO2/c1-10-6-11(9-15-8-10)7-13(14(16)17)12-4-2-3-5-12/h6,8-9,12-13H,2-5,7H2,1H3,(H,16,17). The van der Waals surface area contributed by atoms with E-state index in [2.05, 4.69) is 4.98 Å². The SMILES string of the molecule is Cc1cncc(CC(C(=O)O)C2CCCC2)c1. The molecule has 2 rings (SSSR count). The highest BCUT2D eigenvalue weighted by atomic mass is 16.4. The lowest BCUT2D eigenvalue weighted by Gasteiger charge is -2.19. The van der Waals surface area contributed by atoms with Crippen LogP contribution in [0.3, 0.4) is 0 Å². The minimum Gasteiger partial charge on any atom is -0.481 e. The number of rotatable bonds is 4. The largest absolute Gasteiger partial charge is 0.481 e. The molecule has 17 heavy (non-hydrogen) atoms. The van der Waals surface area contributed by atoms with Crippen LogP contribution in [0, 0.1) is 18.8 Å². The molecule has 0 bridgehead atoms. The molecule has 0 saturated heterocycles. The fraction of sp³-hybridized carbons (Fsp3) is 0.571. The fourth-order valence-corrected chi connectivity index (χ4v) is 2.80. The molecule has 1 saturated carbocycles. The molecule has 0 aromatic carbocycles. The predicted molar refractivity (Wildman–Crippen MR) is 65.8 cm³/mol. The minimum absolute atomic E-state index is 0.235. The number of aliphatic carboxylic acids is 1. The first-order valence-corrected chi connectivity index (χ1v) is 6.30. The number of carboxylic acid groups (broad SMARTS) is 1. The van der Waals surface area contributed by atoms with Crippen molar-refractivity contribution in [2.24, 2.45) is 11.8 Å². The van der Waals surface area contributed by atoms with Crippen LogP contribution in [0.1, 0.15) is 36.8 Å². The van der Waals surface area contributed by atoms with E-state index in [4.69, 9.17) is 0 Å². The molecule has 1 atom stereocenters. The van der Waals surface area contributed by atoms with E-state index in [9.17, 15) is 9.90 Å². The second kappa shape index (κ2) is 5.30. The van der Waals surface area contributed by atoms with Gasteiger partial charge in [0.15, 0.2) is 0 Å². The minimum atomic E-state index is -0.654. The van der Waals surface area contributed by atoms with E-state index in [-0.39, 0.29) is 5.92 Å². The van der Waals surface area contributed by atoms with Gasteiger partial charge in [0.05, 0.1) is 5.92 Å². The maximum absolute atomic E-state index is 11.4. The summed E-state index contributed by atoms with van der Waals surface area (Å²) in [4.78, 5) is 15.5. The average molecular weight is 233 g/mol. The quantitative estimate of drug-likeness (QED) is 0.870. The molecule has 1 aliphatic carbocycles. The predicted octanol–water partition coefficient (Wildman–Crippen LogP) is 2.82. The summed E-state index contributed by atoms with van der Waals surface area (Å²) in [6.45, 7) is 1.99. The Morgan fingerprint density at radius 3 is 2.76 bits per heavy atom. The third-order valence-corrected chi connectivity index (χ3v) is 3.67. The van der Waals surface area contributed by atoms with Crippen LogP contribution < -0.4 is 0 Å². The molecule has 1 aliphatic rings. The Hall–Kier alpha value is -1.38. The van der Waals surface area contributed by atoms with E-state index < -0.39 is 5.97 Å². The lowest BCUT2D eigenvalue weighted by atomic mass is 9.86. The van der Waals surface area contributed by atoms with Gasteiger partial charge in [-0.3, -0.25) is 9.78 Å². The molecule has 0 spiro atoms. The second-order valence-corrected chi connectivity index (χ2v) is 5.06. The lowest BCUT2D eigenvalue weighted by Crippen LogP contribution is -2.24. The van der Waals surface area contributed by atoms with Crippen molar-refractivity contribution in [1.82, 2.24) is 4.98 Å². The molecule has 1 aromatic heterocycles. The molecule has 0 aliphatic heterocycles. The Morgan fingerprint density at radius 1 is 1.47 bits per heavy atom. The summed E-state index contributed by atoms with van der Waals surface area (Å²) in [5.41, 5.74) is 2.14. The first-order valence-electron chi connectivity index (χ1n) is 6.30. The molecule has 1 heterocycles. The van der Waals surface area contributed by atoms with E-state index in [1.807, 2.05) is 13.0 Å². The van der Waals surface area contributed by atoms with Crippen molar-refractivity contribution < 1.29 is 9.90 Å². The zero-order chi connectivity index (χ0) is 12.3. The Morgan fingerprint density at radius 2 is 2.18 bits per heavy atom. The molecular formula is C14H19NO2. The Balaban J connectivity index is 2.09. The molecule has 1 N–H and O–H groups in total. The lowest BCUT2D eigenvalue weighted by molar-refractivity contribution is -0.143. The van der Waals surface area contributed by atoms with Gasteiger partial charge in [-0.05, 0) is 43.2 Å². The number of aryl methyl sites for hydroxylation is 1. The summed E-state index contributed by atoms with van der Waals surface area (Å²) >= 11 is 0. The first-order chi connectivity index (χ1) is 8.16. The molecule has 1 unspecified atom stereocenters. The van der Waals surface area contributed by atoms with Crippen molar-refractivity contribution in [3.05, 3.63) is 29.6 Å². The molecule has 3 heteroatoms. The number of hydrogen-bond donors (Lipinski definition) is 1. The number of pyridine rings is 1. The number of carboxylic acids is 1. The van der Waals surface area contributed by atoms with E-state index in [0.29, 0.717) is 12.3 Å². The van der Waals surface area contributed by atoms with E-state index >= 15 is 0 Å². The summed E-state index contributed by atoms with van der Waals surface area (Å²) in [6.07, 6.45) is 8.70. The number of hydrogen-bond acceptors (Lipinski definition) is 2. The van der Waals surface area contributed by atoms with E-state index in [1.54, 1.807) is 12.4 Å². The number of aromatic nitrogens is 1. The Labute approximate surface area is 102 Å². The van der Waals surface area contributed by atoms with Crippen LogP contribution in [0.2, 0.25) is 0 Å². The van der Waals surface area contributed by atoms with E-state index in [0.717, 1.165) is 24.0 Å². The van der Waals surface area contributed by atoms with Crippen LogP contribution in [0.15, 0.2) is 18.5 Å². The molecule has 1 aromatic rings. The van der Waals surface area contributed by atoms with Gasteiger partial charge in [0.1, 0.15) is 0 Å². The maximum Gasteiger partial charge on any atom is 0.307 e. The highest BCUT2D eigenvalue weighted by molar-refractivity contribution is 5.70. The van der Waals surface area contributed by atoms with Crippen molar-refractivity contribution in [3.63, 3.8) is 0 Å². The summed E-state index contributed by atoms with van der Waals surface area (Å²) in [5, 5.41) is 9.34. The normalized spacial score (nSPS) is 18.2. The molecule has 0 amide bonds. The summed E-state index contributed by atoms with van der Waals surface area (Å²) in [6, 6.07) is 2.04. The maximum atomic E-state index is 11.4. The van der Waals surface area contributed by atoms with Gasteiger partial charge < -0.3 is 5.11 Å². The van der Waals surface area contributed by atoms with Crippen LogP contribution in [0.5, 0.6) is 0 Å². The van der Waals surface area contributed by atoms with Gasteiger partial charge in [-0.2, -0.15) is 0 Å². The van der Waals surface area contributed by atoms with Gasteiger partial charge in [-0.1, -0.05) is 18.9 Å². The highest BCUT2D eigenvalue weighted by Gasteiger charge is 2.30. The van der Waals surface area contributed by atoms with Crippen LogP contribution in [-0.4, -0.2) is 16.1 Å². The van der Waals surface area contributed by atoms with Gasteiger partial charge in [-0.15, -0.1) is 0 Å². The molecule has 3 nitrogen and oxygen atoms in total. The monoisotopic (exact) mass is 233 g/mol. The third-order valence-electron chi connectivity index (χ3n) is 3.67. The number of nitrogens with zero attached hydrogens (tertiary/aromatic N) is 1. The third kappa shape index (κ3) is 3.05. The molecule has 0 radical (unpaired) electrons. The number of carbonyl (C=O) groups is 1. The second-order valence-electron chi connectivity index (χ2n) is 5.06. The highest BCUT2D eigenvalue weighted by Crippen LogP contribution is 2.33. The van der Waals surface area contributed by atoms with Crippen LogP contribution >= 0.6 is 0 Å². The van der Waals surface area contributed by atoms with Crippen LogP contribution in [0.4, 0.5) is 0 Å². The fourth-order valence-electron chi connectivity index (χ4n) is 2.80. The molecule has 92 valence electrons. The Kier molecular flexibility index (Phi) is 3.77. The zero-order valence-electron chi connectivity index (χ0n) is 10.2. The zero-order valence-corrected chi connectivity index (χ0v) is 10.2. The van der Waals surface area contributed by atoms with Gasteiger partial charge >= 0.3 is 5.97 Å². The van der Waals surface area contributed by atoms with Crippen LogP contribution in [0.25, 0.3) is 0 Å². The van der Waals surface area contributed by atoms with Crippen molar-refractivity contribution in [3.8, 4) is 0 Å². The summed E-state index contributed by atoms with van der Waals surface area (Å²) in [7, 11) is 0. The Bertz CT molecular complexity index is 397. The van der Waals surface area contributed by atoms with Crippen molar-refractivity contribution >= 4 is 5.97 Å². The van der Waals surface area contributed by atoms with Gasteiger partial charge in [0.2, 0.25) is 0 Å². The van der Waals surface area contributed by atoms with Gasteiger partial charge in [0, 0.05) is 12.4 Å². The van der Waals surface area contributed by atoms with Crippen LogP contribution in [-0.2, 0) is 11.2 Å². The van der Waals surface area contributed by atoms with Crippen molar-refractivity contribution in [1.29, 1.82) is 0 Å². The van der Waals surface area contributed by atoms with Crippen molar-refractivity contribution in [2.75, 3.05) is 0 Å². The van der Waals surface area contributed by atoms with Gasteiger partial charge in [0.25, 0.3) is 0 Å². The molecular weight excluding hydrogens is 214 g/mol. The smallest absolute Gasteiger partial charge is 0.307 e. The van der Waals surface area contributed by atoms with Crippen molar-refractivity contribution in [2.45, 2.75) is 39.0 Å². The van der Waals surface area contributed by atoms with E-state index in [1.165, 1.54) is 12.8 Å². The summed E-state index contributed by atoms with van der Waals surface area (Å²) in [5.74, 6) is -0.535. The first kappa shape index (κ1) is 12.1. The summed E-state index contributed by atoms with van der Waals surface area (Å²) < 4.78 is 0.